The van der Waals surface area contributed by atoms with E-state index < -0.39 is 12.5 Å². The summed E-state index contributed by atoms with van der Waals surface area (Å²) >= 11 is 0. The maximum absolute atomic E-state index is 8.51. The molecule has 0 saturated heterocycles. The Morgan fingerprint density at radius 2 is 2.12 bits per heavy atom. The molecule has 0 radical (unpaired) electrons. The Hall–Kier alpha value is -0.160. The van der Waals surface area contributed by atoms with Crippen LogP contribution in [0.25, 0.3) is 0 Å². The number of hydrogen-bond donors (Lipinski definition) is 3. The molecule has 8 heavy (non-hydrogen) atoms. The van der Waals surface area contributed by atoms with Crippen LogP contribution in [-0.4, -0.2) is 29.3 Å². The van der Waals surface area contributed by atoms with Crippen LogP contribution in [0.5, 0.6) is 0 Å². The Kier molecular flexibility index (Phi) is 3.72. The van der Waals surface area contributed by atoms with Crippen LogP contribution in [-0.2, 0) is 4.74 Å². The summed E-state index contributed by atoms with van der Waals surface area (Å²) in [4.78, 5) is 0. The fourth-order valence-corrected chi connectivity index (χ4v) is 0.238. The molecule has 0 aliphatic heterocycles. The van der Waals surface area contributed by atoms with Gasteiger partial charge in [0.2, 0.25) is 6.41 Å². The monoisotopic (exact) mass is 121 g/mol. The first-order valence-corrected chi connectivity index (χ1v) is 2.36. The SMILES string of the molecule is CC(O)COC(N)O. The third-order valence-electron chi connectivity index (χ3n) is 0.508. The lowest BCUT2D eigenvalue weighted by atomic mass is 10.4. The fraction of sp³-hybridized carbons (Fsp3) is 1.00. The molecule has 0 fully saturated rings. The topological polar surface area (TPSA) is 75.7 Å². The van der Waals surface area contributed by atoms with Gasteiger partial charge in [-0.25, -0.2) is 0 Å². The highest BCUT2D eigenvalue weighted by Gasteiger charge is 1.97. The molecule has 0 aliphatic rings. The van der Waals surface area contributed by atoms with Gasteiger partial charge in [-0.2, -0.15) is 0 Å². The number of aliphatic hydroxyl groups is 2. The minimum Gasteiger partial charge on any atom is -0.391 e. The predicted molar refractivity (Wildman–Crippen MR) is 27.8 cm³/mol. The first kappa shape index (κ1) is 7.84. The standard InChI is InChI=1S/C4H11NO3/c1-3(6)2-8-4(5)7/h3-4,6-7H,2,5H2,1H3. The first-order chi connectivity index (χ1) is 3.63. The summed E-state index contributed by atoms with van der Waals surface area (Å²) in [5.41, 5.74) is 4.76. The van der Waals surface area contributed by atoms with Gasteiger partial charge in [-0.05, 0) is 6.92 Å². The molecule has 2 unspecified atom stereocenters. The van der Waals surface area contributed by atoms with Crippen LogP contribution in [0.3, 0.4) is 0 Å². The van der Waals surface area contributed by atoms with E-state index >= 15 is 0 Å². The Labute approximate surface area is 47.9 Å². The van der Waals surface area contributed by atoms with E-state index in [4.69, 9.17) is 15.9 Å². The minimum absolute atomic E-state index is 0.0671. The number of rotatable bonds is 3. The van der Waals surface area contributed by atoms with Gasteiger partial charge >= 0.3 is 0 Å². The van der Waals surface area contributed by atoms with E-state index in [9.17, 15) is 0 Å². The van der Waals surface area contributed by atoms with Crippen LogP contribution < -0.4 is 5.73 Å². The second kappa shape index (κ2) is 3.80. The molecule has 4 nitrogen and oxygen atoms in total. The molecule has 0 bridgehead atoms. The van der Waals surface area contributed by atoms with Gasteiger partial charge in [-0.15, -0.1) is 0 Å². The van der Waals surface area contributed by atoms with Crippen molar-refractivity contribution in [3.63, 3.8) is 0 Å². The van der Waals surface area contributed by atoms with Crippen molar-refractivity contribution in [3.8, 4) is 0 Å². The zero-order valence-corrected chi connectivity index (χ0v) is 4.74. The zero-order valence-electron chi connectivity index (χ0n) is 4.74. The summed E-state index contributed by atoms with van der Waals surface area (Å²) in [6.07, 6.45) is -1.85. The number of ether oxygens (including phenoxy) is 1. The van der Waals surface area contributed by atoms with E-state index in [0.717, 1.165) is 0 Å². The summed E-state index contributed by atoms with van der Waals surface area (Å²) in [5, 5.41) is 16.8. The Morgan fingerprint density at radius 3 is 2.25 bits per heavy atom. The molecule has 0 saturated carbocycles. The van der Waals surface area contributed by atoms with Crippen LogP contribution >= 0.6 is 0 Å². The second-order valence-corrected chi connectivity index (χ2v) is 1.57. The molecule has 0 aromatic carbocycles. The van der Waals surface area contributed by atoms with Gasteiger partial charge < -0.3 is 14.9 Å². The van der Waals surface area contributed by atoms with Crippen molar-refractivity contribution in [2.24, 2.45) is 5.73 Å². The molecule has 2 atom stereocenters. The maximum atomic E-state index is 8.51. The highest BCUT2D eigenvalue weighted by molar-refractivity contribution is 4.39. The van der Waals surface area contributed by atoms with Gasteiger partial charge in [-0.3, -0.25) is 5.73 Å². The van der Waals surface area contributed by atoms with Crippen LogP contribution in [0.4, 0.5) is 0 Å². The lowest BCUT2D eigenvalue weighted by molar-refractivity contribution is -0.114. The van der Waals surface area contributed by atoms with Crippen LogP contribution in [0.15, 0.2) is 0 Å². The predicted octanol–water partition coefficient (Wildman–Crippen LogP) is -1.38. The summed E-state index contributed by atoms with van der Waals surface area (Å²) in [6.45, 7) is 1.61. The highest BCUT2D eigenvalue weighted by atomic mass is 16.6. The van der Waals surface area contributed by atoms with E-state index in [-0.39, 0.29) is 6.61 Å². The summed E-state index contributed by atoms with van der Waals surface area (Å²) in [7, 11) is 0. The largest absolute Gasteiger partial charge is 0.391 e. The molecular weight excluding hydrogens is 110 g/mol. The third kappa shape index (κ3) is 5.84. The smallest absolute Gasteiger partial charge is 0.210 e. The minimum atomic E-state index is -1.27. The summed E-state index contributed by atoms with van der Waals surface area (Å²) in [5.74, 6) is 0. The van der Waals surface area contributed by atoms with Crippen molar-refractivity contribution in [3.05, 3.63) is 0 Å². The molecule has 0 aromatic heterocycles. The van der Waals surface area contributed by atoms with Gasteiger partial charge in [0.05, 0.1) is 12.7 Å². The van der Waals surface area contributed by atoms with Gasteiger partial charge in [0, 0.05) is 0 Å². The quantitative estimate of drug-likeness (QED) is 0.402. The van der Waals surface area contributed by atoms with E-state index in [1.54, 1.807) is 6.92 Å². The van der Waals surface area contributed by atoms with Crippen molar-refractivity contribution in [1.29, 1.82) is 0 Å². The van der Waals surface area contributed by atoms with Crippen molar-refractivity contribution < 1.29 is 14.9 Å². The fourth-order valence-electron chi connectivity index (χ4n) is 0.238. The molecule has 0 heterocycles. The molecular formula is C4H11NO3. The molecule has 4 heteroatoms. The number of nitrogens with two attached hydrogens (primary N) is 1. The average Bonchev–Trinajstić information content (AvgIpc) is 1.61. The molecule has 50 valence electrons. The van der Waals surface area contributed by atoms with E-state index in [1.807, 2.05) is 0 Å². The van der Waals surface area contributed by atoms with Gasteiger partial charge in [-0.1, -0.05) is 0 Å². The van der Waals surface area contributed by atoms with Crippen LogP contribution in [0.1, 0.15) is 6.92 Å². The Bertz CT molecular complexity index is 47.2. The lowest BCUT2D eigenvalue weighted by Gasteiger charge is -2.06. The average molecular weight is 121 g/mol. The summed E-state index contributed by atoms with van der Waals surface area (Å²) in [6, 6.07) is 0. The van der Waals surface area contributed by atoms with Crippen molar-refractivity contribution >= 4 is 0 Å². The molecule has 0 aliphatic carbocycles. The van der Waals surface area contributed by atoms with E-state index in [1.165, 1.54) is 0 Å². The molecule has 0 aromatic rings. The Balaban J connectivity index is 2.93. The zero-order chi connectivity index (χ0) is 6.57. The third-order valence-corrected chi connectivity index (χ3v) is 0.508. The van der Waals surface area contributed by atoms with Crippen LogP contribution in [0, 0.1) is 0 Å². The van der Waals surface area contributed by atoms with Gasteiger partial charge in [0.25, 0.3) is 0 Å². The maximum Gasteiger partial charge on any atom is 0.210 e. The Morgan fingerprint density at radius 1 is 1.62 bits per heavy atom. The van der Waals surface area contributed by atoms with Crippen molar-refractivity contribution in [2.75, 3.05) is 6.61 Å². The number of aliphatic hydroxyl groups excluding tert-OH is 2. The van der Waals surface area contributed by atoms with Gasteiger partial charge in [0.1, 0.15) is 0 Å². The highest BCUT2D eigenvalue weighted by Crippen LogP contribution is 1.82. The van der Waals surface area contributed by atoms with Crippen molar-refractivity contribution in [1.82, 2.24) is 0 Å². The number of hydrogen-bond acceptors (Lipinski definition) is 4. The van der Waals surface area contributed by atoms with Gasteiger partial charge in [0.15, 0.2) is 0 Å². The lowest BCUT2D eigenvalue weighted by Crippen LogP contribution is -2.26. The first-order valence-electron chi connectivity index (χ1n) is 2.36. The van der Waals surface area contributed by atoms with Crippen molar-refractivity contribution in [2.45, 2.75) is 19.4 Å². The van der Waals surface area contributed by atoms with E-state index in [0.29, 0.717) is 0 Å². The summed E-state index contributed by atoms with van der Waals surface area (Å²) < 4.78 is 4.39. The molecule has 4 N–H and O–H groups in total. The normalized spacial score (nSPS) is 18.0. The van der Waals surface area contributed by atoms with Crippen LogP contribution in [0.2, 0.25) is 0 Å². The molecule has 0 amide bonds. The second-order valence-electron chi connectivity index (χ2n) is 1.57. The molecule has 0 spiro atoms. The van der Waals surface area contributed by atoms with E-state index in [2.05, 4.69) is 4.74 Å². The molecule has 0 rings (SSSR count).